The van der Waals surface area contributed by atoms with E-state index in [1.807, 2.05) is 4.90 Å². The molecule has 0 spiro atoms. The molecule has 1 atom stereocenters. The van der Waals surface area contributed by atoms with E-state index >= 15 is 0 Å². The average Bonchev–Trinajstić information content (AvgIpc) is 1.98. The van der Waals surface area contributed by atoms with Crippen LogP contribution in [0.2, 0.25) is 0 Å². The van der Waals surface area contributed by atoms with Gasteiger partial charge in [0, 0.05) is 6.54 Å². The Bertz CT molecular complexity index is 142. The third-order valence-electron chi connectivity index (χ3n) is 2.29. The first-order valence-electron chi connectivity index (χ1n) is 4.89. The van der Waals surface area contributed by atoms with Crippen LogP contribution in [0.25, 0.3) is 0 Å². The van der Waals surface area contributed by atoms with Crippen molar-refractivity contribution >= 4 is 0 Å². The molecular weight excluding hydrogens is 174 g/mol. The second kappa shape index (κ2) is 5.50. The molecule has 1 N–H and O–H groups in total. The molecule has 0 aliphatic carbocycles. The Morgan fingerprint density at radius 1 is 1.54 bits per heavy atom. The lowest BCUT2D eigenvalue weighted by molar-refractivity contribution is 0.0776. The minimum atomic E-state index is -2.19. The fraction of sp³-hybridized carbons (Fsp3) is 1.00. The maximum atomic E-state index is 12.1. The number of hydrogen-bond acceptors (Lipinski definition) is 2. The molecule has 1 fully saturated rings. The lowest BCUT2D eigenvalue weighted by Gasteiger charge is -2.28. The van der Waals surface area contributed by atoms with Gasteiger partial charge in [-0.15, -0.1) is 0 Å². The Hall–Kier alpha value is -0.220. The van der Waals surface area contributed by atoms with Crippen molar-refractivity contribution in [2.45, 2.75) is 19.8 Å². The number of halogens is 2. The summed E-state index contributed by atoms with van der Waals surface area (Å²) in [6.07, 6.45) is -1.22. The first-order chi connectivity index (χ1) is 6.18. The van der Waals surface area contributed by atoms with E-state index in [2.05, 4.69) is 12.2 Å². The Labute approximate surface area is 78.3 Å². The molecule has 0 amide bonds. The van der Waals surface area contributed by atoms with Gasteiger partial charge < -0.3 is 5.32 Å². The van der Waals surface area contributed by atoms with Crippen LogP contribution in [-0.2, 0) is 0 Å². The Kier molecular flexibility index (Phi) is 4.59. The van der Waals surface area contributed by atoms with Crippen LogP contribution in [0.1, 0.15) is 13.3 Å². The molecular formula is C9H18F2N2. The highest BCUT2D eigenvalue weighted by Gasteiger charge is 2.16. The molecule has 0 aromatic heterocycles. The summed E-state index contributed by atoms with van der Waals surface area (Å²) in [5.41, 5.74) is 0. The van der Waals surface area contributed by atoms with Gasteiger partial charge in [-0.2, -0.15) is 0 Å². The van der Waals surface area contributed by atoms with Crippen LogP contribution < -0.4 is 5.32 Å². The van der Waals surface area contributed by atoms with Crippen LogP contribution in [-0.4, -0.2) is 44.0 Å². The molecule has 0 aromatic carbocycles. The summed E-state index contributed by atoms with van der Waals surface area (Å²) in [4.78, 5) is 1.87. The van der Waals surface area contributed by atoms with Crippen LogP contribution in [0.5, 0.6) is 0 Å². The molecule has 0 radical (unpaired) electrons. The number of hydrogen-bond donors (Lipinski definition) is 1. The molecule has 1 aliphatic heterocycles. The van der Waals surface area contributed by atoms with Crippen molar-refractivity contribution in [3.8, 4) is 0 Å². The third-order valence-corrected chi connectivity index (χ3v) is 2.29. The van der Waals surface area contributed by atoms with E-state index in [0.29, 0.717) is 5.92 Å². The molecule has 2 nitrogen and oxygen atoms in total. The highest BCUT2D eigenvalue weighted by Crippen LogP contribution is 2.06. The Balaban J connectivity index is 2.32. The van der Waals surface area contributed by atoms with Crippen LogP contribution in [0.15, 0.2) is 0 Å². The zero-order valence-corrected chi connectivity index (χ0v) is 8.10. The van der Waals surface area contributed by atoms with Crippen LogP contribution in [0.4, 0.5) is 8.78 Å². The van der Waals surface area contributed by atoms with Gasteiger partial charge in [0.15, 0.2) is 0 Å². The zero-order chi connectivity index (χ0) is 9.68. The minimum Gasteiger partial charge on any atom is -0.316 e. The highest BCUT2D eigenvalue weighted by molar-refractivity contribution is 4.69. The standard InChI is InChI=1S/C9H18F2N2/c1-8-5-12-3-2-4-13(6-8)7-9(10)11/h8-9,12H,2-7H2,1H3. The van der Waals surface area contributed by atoms with Crippen molar-refractivity contribution in [2.75, 3.05) is 32.7 Å². The topological polar surface area (TPSA) is 15.3 Å². The molecule has 13 heavy (non-hydrogen) atoms. The van der Waals surface area contributed by atoms with Gasteiger partial charge in [-0.3, -0.25) is 4.90 Å². The van der Waals surface area contributed by atoms with Gasteiger partial charge in [0.2, 0.25) is 0 Å². The van der Waals surface area contributed by atoms with E-state index in [9.17, 15) is 8.78 Å². The van der Waals surface area contributed by atoms with E-state index in [-0.39, 0.29) is 6.54 Å². The van der Waals surface area contributed by atoms with Crippen LogP contribution >= 0.6 is 0 Å². The van der Waals surface area contributed by atoms with Crippen molar-refractivity contribution in [2.24, 2.45) is 5.92 Å². The van der Waals surface area contributed by atoms with Crippen LogP contribution in [0, 0.1) is 5.92 Å². The fourth-order valence-electron chi connectivity index (χ4n) is 1.73. The fourth-order valence-corrected chi connectivity index (χ4v) is 1.73. The van der Waals surface area contributed by atoms with E-state index in [1.54, 1.807) is 0 Å². The van der Waals surface area contributed by atoms with Crippen molar-refractivity contribution < 1.29 is 8.78 Å². The molecule has 1 rings (SSSR count). The van der Waals surface area contributed by atoms with Gasteiger partial charge in [0.1, 0.15) is 0 Å². The number of rotatable bonds is 2. The average molecular weight is 192 g/mol. The van der Waals surface area contributed by atoms with Crippen LogP contribution in [0.3, 0.4) is 0 Å². The highest BCUT2D eigenvalue weighted by atomic mass is 19.3. The van der Waals surface area contributed by atoms with E-state index in [4.69, 9.17) is 0 Å². The van der Waals surface area contributed by atoms with Crippen molar-refractivity contribution in [1.29, 1.82) is 0 Å². The predicted octanol–water partition coefficient (Wildman–Crippen LogP) is 1.18. The number of nitrogens with one attached hydrogen (secondary N) is 1. The molecule has 1 unspecified atom stereocenters. The number of nitrogens with zero attached hydrogens (tertiary/aromatic N) is 1. The number of alkyl halides is 2. The Morgan fingerprint density at radius 2 is 2.31 bits per heavy atom. The van der Waals surface area contributed by atoms with Crippen molar-refractivity contribution in [3.05, 3.63) is 0 Å². The van der Waals surface area contributed by atoms with Gasteiger partial charge in [-0.05, 0) is 32.0 Å². The summed E-state index contributed by atoms with van der Waals surface area (Å²) in [6.45, 7) is 5.50. The van der Waals surface area contributed by atoms with Crippen molar-refractivity contribution in [1.82, 2.24) is 10.2 Å². The van der Waals surface area contributed by atoms with Gasteiger partial charge in [-0.25, -0.2) is 8.78 Å². The molecule has 78 valence electrons. The normalized spacial score (nSPS) is 27.2. The maximum absolute atomic E-state index is 12.1. The molecule has 1 saturated heterocycles. The summed E-state index contributed by atoms with van der Waals surface area (Å²) in [7, 11) is 0. The van der Waals surface area contributed by atoms with E-state index in [1.165, 1.54) is 0 Å². The van der Waals surface area contributed by atoms with E-state index < -0.39 is 6.43 Å². The second-order valence-electron chi connectivity index (χ2n) is 3.81. The monoisotopic (exact) mass is 192 g/mol. The predicted molar refractivity (Wildman–Crippen MR) is 49.1 cm³/mol. The lowest BCUT2D eigenvalue weighted by Crippen LogP contribution is -2.40. The summed E-state index contributed by atoms with van der Waals surface area (Å²) in [5.74, 6) is 0.471. The quantitative estimate of drug-likeness (QED) is 0.707. The lowest BCUT2D eigenvalue weighted by atomic mass is 10.1. The SMILES string of the molecule is CC1CNCCCN(CC(F)F)C1. The second-order valence-corrected chi connectivity index (χ2v) is 3.81. The molecule has 4 heteroatoms. The Morgan fingerprint density at radius 3 is 3.00 bits per heavy atom. The molecule has 0 bridgehead atoms. The van der Waals surface area contributed by atoms with Gasteiger partial charge in [-0.1, -0.05) is 6.92 Å². The largest absolute Gasteiger partial charge is 0.316 e. The van der Waals surface area contributed by atoms with Gasteiger partial charge in [0.25, 0.3) is 6.43 Å². The smallest absolute Gasteiger partial charge is 0.251 e. The molecule has 1 aliphatic rings. The summed E-state index contributed by atoms with van der Waals surface area (Å²) < 4.78 is 24.2. The summed E-state index contributed by atoms with van der Waals surface area (Å²) in [6, 6.07) is 0. The van der Waals surface area contributed by atoms with Gasteiger partial charge in [0.05, 0.1) is 6.54 Å². The zero-order valence-electron chi connectivity index (χ0n) is 8.10. The third kappa shape index (κ3) is 4.52. The molecule has 0 saturated carbocycles. The molecule has 1 heterocycles. The maximum Gasteiger partial charge on any atom is 0.251 e. The van der Waals surface area contributed by atoms with Gasteiger partial charge >= 0.3 is 0 Å². The summed E-state index contributed by atoms with van der Waals surface area (Å²) >= 11 is 0. The minimum absolute atomic E-state index is 0.0651. The van der Waals surface area contributed by atoms with E-state index in [0.717, 1.165) is 32.6 Å². The first kappa shape index (κ1) is 10.9. The molecule has 0 aromatic rings. The first-order valence-corrected chi connectivity index (χ1v) is 4.89. The summed E-state index contributed by atoms with van der Waals surface area (Å²) in [5, 5.41) is 3.30. The van der Waals surface area contributed by atoms with Crippen molar-refractivity contribution in [3.63, 3.8) is 0 Å².